The van der Waals surface area contributed by atoms with Gasteiger partial charge in [-0.25, -0.2) is 0 Å². The van der Waals surface area contributed by atoms with Gasteiger partial charge in [0.1, 0.15) is 0 Å². The minimum Gasteiger partial charge on any atom is -0.339 e. The number of rotatable bonds is 6. The fourth-order valence-corrected chi connectivity index (χ4v) is 2.54. The summed E-state index contributed by atoms with van der Waals surface area (Å²) in [7, 11) is 0. The Kier molecular flexibility index (Phi) is 8.10. The van der Waals surface area contributed by atoms with Crippen molar-refractivity contribution in [1.29, 1.82) is 0 Å². The SMILES string of the molecule is CCN(Cc1ccccc1Cl)C(=O)CC(N)c1ccccc1.Cl. The van der Waals surface area contributed by atoms with Crippen LogP contribution in [-0.4, -0.2) is 17.4 Å². The number of nitrogens with zero attached hydrogens (tertiary/aromatic N) is 1. The number of hydrogen-bond acceptors (Lipinski definition) is 2. The average molecular weight is 353 g/mol. The Bertz CT molecular complexity index is 619. The van der Waals surface area contributed by atoms with Gasteiger partial charge in [-0.1, -0.05) is 60.1 Å². The van der Waals surface area contributed by atoms with Crippen LogP contribution in [0.1, 0.15) is 30.5 Å². The summed E-state index contributed by atoms with van der Waals surface area (Å²) in [6.07, 6.45) is 0.294. The van der Waals surface area contributed by atoms with E-state index in [-0.39, 0.29) is 24.4 Å². The van der Waals surface area contributed by atoms with Crippen molar-refractivity contribution in [1.82, 2.24) is 4.90 Å². The van der Waals surface area contributed by atoms with Crippen LogP contribution in [0.25, 0.3) is 0 Å². The van der Waals surface area contributed by atoms with E-state index in [9.17, 15) is 4.79 Å². The third-order valence-electron chi connectivity index (χ3n) is 3.68. The average Bonchev–Trinajstić information content (AvgIpc) is 2.54. The molecule has 0 aromatic heterocycles. The normalized spacial score (nSPS) is 11.4. The van der Waals surface area contributed by atoms with E-state index >= 15 is 0 Å². The molecule has 1 unspecified atom stereocenters. The zero-order valence-corrected chi connectivity index (χ0v) is 14.7. The third kappa shape index (κ3) is 5.54. The van der Waals surface area contributed by atoms with Gasteiger partial charge in [0.15, 0.2) is 0 Å². The number of nitrogens with two attached hydrogens (primary N) is 1. The van der Waals surface area contributed by atoms with Crippen molar-refractivity contribution in [2.75, 3.05) is 6.54 Å². The summed E-state index contributed by atoms with van der Waals surface area (Å²) < 4.78 is 0. The number of carbonyl (C=O) groups excluding carboxylic acids is 1. The standard InChI is InChI=1S/C18H21ClN2O.ClH/c1-2-21(13-15-10-6-7-11-16(15)19)18(22)12-17(20)14-8-4-3-5-9-14;/h3-11,17H,2,12-13,20H2,1H3;1H. The Morgan fingerprint density at radius 3 is 2.35 bits per heavy atom. The highest BCUT2D eigenvalue weighted by molar-refractivity contribution is 6.31. The van der Waals surface area contributed by atoms with Crippen LogP contribution in [-0.2, 0) is 11.3 Å². The minimum absolute atomic E-state index is 0. The van der Waals surface area contributed by atoms with Crippen LogP contribution in [0.4, 0.5) is 0 Å². The molecule has 0 fully saturated rings. The van der Waals surface area contributed by atoms with Crippen LogP contribution < -0.4 is 5.73 Å². The second kappa shape index (κ2) is 9.56. The van der Waals surface area contributed by atoms with E-state index in [1.807, 2.05) is 61.5 Å². The summed E-state index contributed by atoms with van der Waals surface area (Å²) in [6.45, 7) is 3.10. The van der Waals surface area contributed by atoms with Gasteiger partial charge in [-0.15, -0.1) is 12.4 Å². The first kappa shape index (κ1) is 19.5. The Labute approximate surface area is 148 Å². The van der Waals surface area contributed by atoms with Gasteiger partial charge in [0, 0.05) is 30.6 Å². The van der Waals surface area contributed by atoms with E-state index in [1.165, 1.54) is 0 Å². The molecule has 2 N–H and O–H groups in total. The van der Waals surface area contributed by atoms with Gasteiger partial charge in [-0.05, 0) is 24.1 Å². The molecule has 0 aliphatic heterocycles. The Hall–Kier alpha value is -1.55. The summed E-state index contributed by atoms with van der Waals surface area (Å²) in [5, 5.41) is 0.682. The van der Waals surface area contributed by atoms with Crippen molar-refractivity contribution in [3.05, 3.63) is 70.7 Å². The van der Waals surface area contributed by atoms with Crippen molar-refractivity contribution < 1.29 is 4.79 Å². The lowest BCUT2D eigenvalue weighted by Crippen LogP contribution is -2.32. The van der Waals surface area contributed by atoms with Crippen LogP contribution in [0.2, 0.25) is 5.02 Å². The summed E-state index contributed by atoms with van der Waals surface area (Å²) in [4.78, 5) is 14.3. The quantitative estimate of drug-likeness (QED) is 0.846. The molecule has 2 aromatic carbocycles. The molecule has 3 nitrogen and oxygen atoms in total. The largest absolute Gasteiger partial charge is 0.339 e. The van der Waals surface area contributed by atoms with Crippen LogP contribution in [0, 0.1) is 0 Å². The molecule has 0 aliphatic rings. The monoisotopic (exact) mass is 352 g/mol. The highest BCUT2D eigenvalue weighted by Gasteiger charge is 2.17. The first-order chi connectivity index (χ1) is 10.6. The molecule has 1 amide bonds. The molecule has 1 atom stereocenters. The fourth-order valence-electron chi connectivity index (χ4n) is 2.34. The van der Waals surface area contributed by atoms with Crippen molar-refractivity contribution in [3.63, 3.8) is 0 Å². The molecular weight excluding hydrogens is 331 g/mol. The lowest BCUT2D eigenvalue weighted by Gasteiger charge is -2.23. The van der Waals surface area contributed by atoms with Gasteiger partial charge in [-0.2, -0.15) is 0 Å². The third-order valence-corrected chi connectivity index (χ3v) is 4.04. The molecule has 0 saturated carbocycles. The summed E-state index contributed by atoms with van der Waals surface area (Å²) in [6, 6.07) is 17.0. The first-order valence-electron chi connectivity index (χ1n) is 7.43. The van der Waals surface area contributed by atoms with Crippen molar-refractivity contribution in [3.8, 4) is 0 Å². The van der Waals surface area contributed by atoms with Crippen LogP contribution in [0.3, 0.4) is 0 Å². The van der Waals surface area contributed by atoms with E-state index in [0.29, 0.717) is 24.5 Å². The highest BCUT2D eigenvalue weighted by Crippen LogP contribution is 2.19. The predicted octanol–water partition coefficient (Wildman–Crippen LogP) is 4.20. The number of carbonyl (C=O) groups is 1. The molecule has 124 valence electrons. The highest BCUT2D eigenvalue weighted by atomic mass is 35.5. The van der Waals surface area contributed by atoms with Crippen LogP contribution >= 0.6 is 24.0 Å². The number of benzene rings is 2. The van der Waals surface area contributed by atoms with Gasteiger partial charge in [0.2, 0.25) is 5.91 Å². The molecule has 23 heavy (non-hydrogen) atoms. The second-order valence-electron chi connectivity index (χ2n) is 5.22. The number of amides is 1. The molecule has 0 radical (unpaired) electrons. The van der Waals surface area contributed by atoms with E-state index in [1.54, 1.807) is 4.90 Å². The lowest BCUT2D eigenvalue weighted by atomic mass is 10.0. The summed E-state index contributed by atoms with van der Waals surface area (Å²) in [5.74, 6) is 0.0405. The topological polar surface area (TPSA) is 46.3 Å². The molecule has 0 bridgehead atoms. The zero-order valence-electron chi connectivity index (χ0n) is 13.1. The summed E-state index contributed by atoms with van der Waals surface area (Å²) in [5.41, 5.74) is 8.07. The number of hydrogen-bond donors (Lipinski definition) is 1. The van der Waals surface area contributed by atoms with Gasteiger partial charge in [0.25, 0.3) is 0 Å². The molecule has 2 aromatic rings. The van der Waals surface area contributed by atoms with Gasteiger partial charge in [-0.3, -0.25) is 4.79 Å². The number of halogens is 2. The molecule has 2 rings (SSSR count). The van der Waals surface area contributed by atoms with Gasteiger partial charge >= 0.3 is 0 Å². The van der Waals surface area contributed by atoms with Crippen LogP contribution in [0.5, 0.6) is 0 Å². The van der Waals surface area contributed by atoms with Gasteiger partial charge < -0.3 is 10.6 Å². The molecule has 0 aliphatic carbocycles. The molecular formula is C18H22Cl2N2O. The maximum absolute atomic E-state index is 12.5. The van der Waals surface area contributed by atoms with E-state index in [0.717, 1.165) is 11.1 Å². The van der Waals surface area contributed by atoms with Crippen LogP contribution in [0.15, 0.2) is 54.6 Å². The fraction of sp³-hybridized carbons (Fsp3) is 0.278. The predicted molar refractivity (Wildman–Crippen MR) is 97.8 cm³/mol. The Morgan fingerprint density at radius 2 is 1.74 bits per heavy atom. The maximum Gasteiger partial charge on any atom is 0.224 e. The van der Waals surface area contributed by atoms with E-state index < -0.39 is 0 Å². The Balaban J connectivity index is 0.00000264. The van der Waals surface area contributed by atoms with Crippen molar-refractivity contribution in [2.45, 2.75) is 25.9 Å². The van der Waals surface area contributed by atoms with E-state index in [2.05, 4.69) is 0 Å². The molecule has 0 saturated heterocycles. The van der Waals surface area contributed by atoms with Gasteiger partial charge in [0.05, 0.1) is 0 Å². The smallest absolute Gasteiger partial charge is 0.224 e. The molecule has 5 heteroatoms. The molecule has 0 heterocycles. The summed E-state index contributed by atoms with van der Waals surface area (Å²) >= 11 is 6.17. The minimum atomic E-state index is -0.283. The Morgan fingerprint density at radius 1 is 1.13 bits per heavy atom. The van der Waals surface area contributed by atoms with E-state index in [4.69, 9.17) is 17.3 Å². The van der Waals surface area contributed by atoms with Crippen molar-refractivity contribution in [2.24, 2.45) is 5.73 Å². The zero-order chi connectivity index (χ0) is 15.9. The second-order valence-corrected chi connectivity index (χ2v) is 5.63. The first-order valence-corrected chi connectivity index (χ1v) is 7.81. The molecule has 0 spiro atoms. The van der Waals surface area contributed by atoms with Crippen molar-refractivity contribution >= 4 is 29.9 Å². The lowest BCUT2D eigenvalue weighted by molar-refractivity contribution is -0.132. The maximum atomic E-state index is 12.5.